The summed E-state index contributed by atoms with van der Waals surface area (Å²) in [6, 6.07) is 9.47. The van der Waals surface area contributed by atoms with E-state index in [0.717, 1.165) is 44.2 Å². The van der Waals surface area contributed by atoms with Crippen LogP contribution in [0.15, 0.2) is 42.7 Å². The number of hydrogen-bond donors (Lipinski definition) is 1. The van der Waals surface area contributed by atoms with Crippen LogP contribution < -0.4 is 10.2 Å². The number of hydrogen-bond acceptors (Lipinski definition) is 5. The van der Waals surface area contributed by atoms with Gasteiger partial charge in [0.15, 0.2) is 0 Å². The summed E-state index contributed by atoms with van der Waals surface area (Å²) in [7, 11) is 0. The molecule has 1 aliphatic rings. The van der Waals surface area contributed by atoms with Crippen LogP contribution in [0.4, 0.5) is 5.95 Å². The Balaban J connectivity index is 1.39. The molecule has 0 spiro atoms. The first-order chi connectivity index (χ1) is 11.7. The van der Waals surface area contributed by atoms with Gasteiger partial charge < -0.3 is 10.2 Å². The molecule has 0 atom stereocenters. The molecule has 0 radical (unpaired) electrons. The van der Waals surface area contributed by atoms with Crippen molar-refractivity contribution in [2.24, 2.45) is 0 Å². The summed E-state index contributed by atoms with van der Waals surface area (Å²) >= 11 is 0. The van der Waals surface area contributed by atoms with E-state index in [4.69, 9.17) is 0 Å². The molecular weight excluding hydrogens is 302 g/mol. The van der Waals surface area contributed by atoms with Crippen molar-refractivity contribution in [2.45, 2.75) is 6.92 Å². The monoisotopic (exact) mass is 325 g/mol. The fourth-order valence-corrected chi connectivity index (χ4v) is 2.76. The van der Waals surface area contributed by atoms with Crippen molar-refractivity contribution in [3.05, 3.63) is 53.9 Å². The van der Waals surface area contributed by atoms with E-state index in [1.165, 1.54) is 0 Å². The lowest BCUT2D eigenvalue weighted by Gasteiger charge is -2.34. The normalized spacial score (nSPS) is 15.3. The van der Waals surface area contributed by atoms with Gasteiger partial charge in [0.05, 0.1) is 0 Å². The Morgan fingerprint density at radius 2 is 1.75 bits per heavy atom. The third kappa shape index (κ3) is 4.29. The van der Waals surface area contributed by atoms with Gasteiger partial charge in [-0.05, 0) is 25.1 Å². The first-order valence-electron chi connectivity index (χ1n) is 8.31. The predicted molar refractivity (Wildman–Crippen MR) is 94.2 cm³/mol. The Morgan fingerprint density at radius 3 is 2.42 bits per heavy atom. The Hall–Kier alpha value is -2.47. The van der Waals surface area contributed by atoms with Gasteiger partial charge in [-0.2, -0.15) is 0 Å². The SMILES string of the molecule is Cc1ccc(C(=O)NCCN2CCN(c3ncccn3)CC2)cc1. The first kappa shape index (κ1) is 16.4. The maximum Gasteiger partial charge on any atom is 0.251 e. The molecule has 6 nitrogen and oxygen atoms in total. The first-order valence-corrected chi connectivity index (χ1v) is 8.31. The number of carbonyl (C=O) groups is 1. The highest BCUT2D eigenvalue weighted by Crippen LogP contribution is 2.09. The summed E-state index contributed by atoms with van der Waals surface area (Å²) in [5.74, 6) is 0.788. The fourth-order valence-electron chi connectivity index (χ4n) is 2.76. The van der Waals surface area contributed by atoms with Crippen LogP contribution in [0.3, 0.4) is 0 Å². The van der Waals surface area contributed by atoms with E-state index in [1.807, 2.05) is 37.3 Å². The lowest BCUT2D eigenvalue weighted by Crippen LogP contribution is -2.49. The number of benzene rings is 1. The smallest absolute Gasteiger partial charge is 0.251 e. The number of nitrogens with zero attached hydrogens (tertiary/aromatic N) is 4. The quantitative estimate of drug-likeness (QED) is 0.899. The van der Waals surface area contributed by atoms with Crippen molar-refractivity contribution in [1.29, 1.82) is 0 Å². The molecule has 1 aromatic heterocycles. The second-order valence-corrected chi connectivity index (χ2v) is 6.00. The van der Waals surface area contributed by atoms with Crippen LogP contribution in [-0.4, -0.2) is 60.0 Å². The second-order valence-electron chi connectivity index (χ2n) is 6.00. The summed E-state index contributed by atoms with van der Waals surface area (Å²) in [5, 5.41) is 2.99. The third-order valence-electron chi connectivity index (χ3n) is 4.23. The lowest BCUT2D eigenvalue weighted by molar-refractivity contribution is 0.0948. The molecule has 0 bridgehead atoms. The van der Waals surface area contributed by atoms with Crippen molar-refractivity contribution in [3.63, 3.8) is 0 Å². The molecule has 24 heavy (non-hydrogen) atoms. The largest absolute Gasteiger partial charge is 0.351 e. The van der Waals surface area contributed by atoms with Crippen molar-refractivity contribution >= 4 is 11.9 Å². The minimum atomic E-state index is -0.00804. The predicted octanol–water partition coefficient (Wildman–Crippen LogP) is 1.34. The maximum atomic E-state index is 12.1. The number of aromatic nitrogens is 2. The zero-order valence-corrected chi connectivity index (χ0v) is 14.0. The van der Waals surface area contributed by atoms with Gasteiger partial charge in [0.2, 0.25) is 5.95 Å². The van der Waals surface area contributed by atoms with E-state index in [9.17, 15) is 4.79 Å². The summed E-state index contributed by atoms with van der Waals surface area (Å²) < 4.78 is 0. The van der Waals surface area contributed by atoms with Gasteiger partial charge in [0.1, 0.15) is 0 Å². The van der Waals surface area contributed by atoms with Crippen LogP contribution in [0.1, 0.15) is 15.9 Å². The van der Waals surface area contributed by atoms with Crippen molar-refractivity contribution in [2.75, 3.05) is 44.2 Å². The van der Waals surface area contributed by atoms with Crippen molar-refractivity contribution in [3.8, 4) is 0 Å². The molecule has 1 fully saturated rings. The molecule has 1 amide bonds. The molecule has 0 saturated carbocycles. The molecule has 3 rings (SSSR count). The van der Waals surface area contributed by atoms with Gasteiger partial charge in [-0.3, -0.25) is 9.69 Å². The molecule has 6 heteroatoms. The Bertz CT molecular complexity index is 651. The number of piperazine rings is 1. The standard InChI is InChI=1S/C18H23N5O/c1-15-3-5-16(6-4-15)17(24)19-9-10-22-11-13-23(14-12-22)18-20-7-2-8-21-18/h2-8H,9-14H2,1H3,(H,19,24). The van der Waals surface area contributed by atoms with Gasteiger partial charge in [-0.25, -0.2) is 9.97 Å². The minimum Gasteiger partial charge on any atom is -0.351 e. The van der Waals surface area contributed by atoms with E-state index in [0.29, 0.717) is 12.1 Å². The average Bonchev–Trinajstić information content (AvgIpc) is 2.63. The van der Waals surface area contributed by atoms with Crippen LogP contribution >= 0.6 is 0 Å². The van der Waals surface area contributed by atoms with E-state index < -0.39 is 0 Å². The molecule has 1 aromatic carbocycles. The molecule has 2 aromatic rings. The van der Waals surface area contributed by atoms with Crippen LogP contribution in [0.2, 0.25) is 0 Å². The number of amides is 1. The summed E-state index contributed by atoms with van der Waals surface area (Å²) in [6.07, 6.45) is 3.55. The summed E-state index contributed by atoms with van der Waals surface area (Å²) in [5.41, 5.74) is 1.87. The number of carbonyl (C=O) groups excluding carboxylic acids is 1. The van der Waals surface area contributed by atoms with Gasteiger partial charge in [0, 0.05) is 57.2 Å². The average molecular weight is 325 g/mol. The number of nitrogens with one attached hydrogen (secondary N) is 1. The second kappa shape index (κ2) is 7.88. The number of rotatable bonds is 5. The topological polar surface area (TPSA) is 61.4 Å². The molecule has 1 aliphatic heterocycles. The highest BCUT2D eigenvalue weighted by Gasteiger charge is 2.18. The van der Waals surface area contributed by atoms with Gasteiger partial charge in [-0.1, -0.05) is 17.7 Å². The van der Waals surface area contributed by atoms with Crippen LogP contribution in [-0.2, 0) is 0 Å². The minimum absolute atomic E-state index is 0.00804. The highest BCUT2D eigenvalue weighted by molar-refractivity contribution is 5.94. The van der Waals surface area contributed by atoms with Crippen LogP contribution in [0.5, 0.6) is 0 Å². The van der Waals surface area contributed by atoms with Gasteiger partial charge in [0.25, 0.3) is 5.91 Å². The van der Waals surface area contributed by atoms with E-state index in [2.05, 4.69) is 25.1 Å². The van der Waals surface area contributed by atoms with E-state index in [1.54, 1.807) is 12.4 Å². The molecule has 0 aliphatic carbocycles. The number of aryl methyl sites for hydroxylation is 1. The lowest BCUT2D eigenvalue weighted by atomic mass is 10.1. The molecule has 126 valence electrons. The van der Waals surface area contributed by atoms with Gasteiger partial charge in [-0.15, -0.1) is 0 Å². The van der Waals surface area contributed by atoms with Crippen LogP contribution in [0.25, 0.3) is 0 Å². The zero-order chi connectivity index (χ0) is 16.8. The fraction of sp³-hybridized carbons (Fsp3) is 0.389. The molecule has 2 heterocycles. The summed E-state index contributed by atoms with van der Waals surface area (Å²) in [6.45, 7) is 7.28. The molecular formula is C18H23N5O. The third-order valence-corrected chi connectivity index (χ3v) is 4.23. The van der Waals surface area contributed by atoms with Crippen molar-refractivity contribution < 1.29 is 4.79 Å². The Labute approximate surface area is 142 Å². The van der Waals surface area contributed by atoms with E-state index in [-0.39, 0.29) is 5.91 Å². The molecule has 1 N–H and O–H groups in total. The Morgan fingerprint density at radius 1 is 1.08 bits per heavy atom. The Kier molecular flexibility index (Phi) is 5.38. The van der Waals surface area contributed by atoms with E-state index >= 15 is 0 Å². The molecule has 1 saturated heterocycles. The van der Waals surface area contributed by atoms with Crippen LogP contribution in [0, 0.1) is 6.92 Å². The molecule has 0 unspecified atom stereocenters. The zero-order valence-electron chi connectivity index (χ0n) is 14.0. The summed E-state index contributed by atoms with van der Waals surface area (Å²) in [4.78, 5) is 25.2. The van der Waals surface area contributed by atoms with Crippen molar-refractivity contribution in [1.82, 2.24) is 20.2 Å². The maximum absolute atomic E-state index is 12.1. The number of anilines is 1. The van der Waals surface area contributed by atoms with Gasteiger partial charge >= 0.3 is 0 Å². The highest BCUT2D eigenvalue weighted by atomic mass is 16.1.